The zero-order valence-electron chi connectivity index (χ0n) is 10.5. The molecule has 0 aromatic carbocycles. The Hall–Kier alpha value is -0.715. The number of allylic oxidation sites excluding steroid dienone is 5. The minimum atomic E-state index is 0.565. The third-order valence-electron chi connectivity index (χ3n) is 2.51. The fourth-order valence-corrected chi connectivity index (χ4v) is 1.35. The quantitative estimate of drug-likeness (QED) is 0.451. The maximum atomic E-state index is 4.12. The molecule has 0 aromatic rings. The summed E-state index contributed by atoms with van der Waals surface area (Å²) in [4.78, 5) is 0. The third kappa shape index (κ3) is 5.11. The van der Waals surface area contributed by atoms with Crippen LogP contribution in [0.15, 0.2) is 35.3 Å². The average Bonchev–Trinajstić information content (AvgIpc) is 2.00. The third-order valence-corrected chi connectivity index (χ3v) is 2.51. The number of rotatable bonds is 4. The molecule has 0 rings (SSSR count). The van der Waals surface area contributed by atoms with Crippen LogP contribution in [0, 0.1) is 0 Å². The molecule has 1 heteroatoms. The molecular formula is C13H23B. The standard InChI is InChI=1S/C13H23B/c1-10(2)8-12(5)9-13(6)14(7)11(3)4/h8-9,11H,6H2,1-5,7H3/b12-9-. The predicted molar refractivity (Wildman–Crippen MR) is 69.0 cm³/mol. The molecule has 0 saturated carbocycles. The van der Waals surface area contributed by atoms with Gasteiger partial charge in [0.15, 0.2) is 6.71 Å². The number of hydrogen-bond acceptors (Lipinski definition) is 0. The maximum Gasteiger partial charge on any atom is 0.174 e. The molecule has 0 radical (unpaired) electrons. The van der Waals surface area contributed by atoms with Gasteiger partial charge in [0.1, 0.15) is 0 Å². The van der Waals surface area contributed by atoms with E-state index in [-0.39, 0.29) is 0 Å². The lowest BCUT2D eigenvalue weighted by Crippen LogP contribution is -2.13. The van der Waals surface area contributed by atoms with Crippen molar-refractivity contribution >= 4 is 6.71 Å². The summed E-state index contributed by atoms with van der Waals surface area (Å²) in [5.41, 5.74) is 3.86. The Balaban J connectivity index is 4.51. The molecule has 0 saturated heterocycles. The summed E-state index contributed by atoms with van der Waals surface area (Å²) >= 11 is 0. The van der Waals surface area contributed by atoms with Crippen molar-refractivity contribution in [3.05, 3.63) is 35.3 Å². The molecule has 0 bridgehead atoms. The fraction of sp³-hybridized carbons (Fsp3) is 0.538. The van der Waals surface area contributed by atoms with E-state index in [1.165, 1.54) is 16.6 Å². The summed E-state index contributed by atoms with van der Waals surface area (Å²) in [7, 11) is 0. The predicted octanol–water partition coefficient (Wildman–Crippen LogP) is 4.53. The van der Waals surface area contributed by atoms with Crippen LogP contribution in [0.5, 0.6) is 0 Å². The van der Waals surface area contributed by atoms with Gasteiger partial charge in [-0.2, -0.15) is 0 Å². The molecule has 14 heavy (non-hydrogen) atoms. The summed E-state index contributed by atoms with van der Waals surface area (Å²) in [6, 6.07) is 0. The summed E-state index contributed by atoms with van der Waals surface area (Å²) in [5, 5.41) is 0. The first-order valence-corrected chi connectivity index (χ1v) is 5.36. The van der Waals surface area contributed by atoms with Gasteiger partial charge in [0.2, 0.25) is 0 Å². The van der Waals surface area contributed by atoms with E-state index in [0.29, 0.717) is 12.5 Å². The summed E-state index contributed by atoms with van der Waals surface area (Å²) in [6.07, 6.45) is 4.38. The zero-order valence-corrected chi connectivity index (χ0v) is 10.5. The normalized spacial score (nSPS) is 11.5. The van der Waals surface area contributed by atoms with Gasteiger partial charge >= 0.3 is 0 Å². The molecule has 0 aromatic heterocycles. The zero-order chi connectivity index (χ0) is 11.3. The Labute approximate surface area is 89.9 Å². The Morgan fingerprint density at radius 3 is 2.00 bits per heavy atom. The van der Waals surface area contributed by atoms with Crippen LogP contribution in [0.2, 0.25) is 12.6 Å². The monoisotopic (exact) mass is 190 g/mol. The first-order chi connectivity index (χ1) is 6.34. The maximum absolute atomic E-state index is 4.12. The molecular weight excluding hydrogens is 167 g/mol. The van der Waals surface area contributed by atoms with Crippen LogP contribution in [0.1, 0.15) is 34.6 Å². The van der Waals surface area contributed by atoms with Crippen LogP contribution in [-0.2, 0) is 0 Å². The molecule has 0 fully saturated rings. The Morgan fingerprint density at radius 1 is 1.14 bits per heavy atom. The molecule has 0 aliphatic heterocycles. The molecule has 0 aliphatic rings. The SMILES string of the molecule is C=C(/C=C(/C)C=C(C)C)B(C)C(C)C. The van der Waals surface area contributed by atoms with Crippen LogP contribution in [-0.4, -0.2) is 6.71 Å². The first kappa shape index (κ1) is 13.3. The smallest absolute Gasteiger partial charge is 0.105 e. The van der Waals surface area contributed by atoms with Gasteiger partial charge in [-0.25, -0.2) is 0 Å². The summed E-state index contributed by atoms with van der Waals surface area (Å²) in [5.74, 6) is 0.665. The lowest BCUT2D eigenvalue weighted by molar-refractivity contribution is 1.04. The molecule has 0 amide bonds. The molecule has 0 N–H and O–H groups in total. The molecule has 0 atom stereocenters. The van der Waals surface area contributed by atoms with E-state index >= 15 is 0 Å². The second kappa shape index (κ2) is 5.90. The minimum absolute atomic E-state index is 0.565. The van der Waals surface area contributed by atoms with Gasteiger partial charge in [-0.15, -0.1) is 6.58 Å². The van der Waals surface area contributed by atoms with Crippen LogP contribution < -0.4 is 0 Å². The van der Waals surface area contributed by atoms with Gasteiger partial charge < -0.3 is 0 Å². The van der Waals surface area contributed by atoms with Gasteiger partial charge in [-0.05, 0) is 20.8 Å². The Morgan fingerprint density at radius 2 is 1.64 bits per heavy atom. The van der Waals surface area contributed by atoms with E-state index in [1.54, 1.807) is 0 Å². The second-order valence-corrected chi connectivity index (χ2v) is 4.72. The Bertz CT molecular complexity index is 252. The molecule has 0 aliphatic carbocycles. The van der Waals surface area contributed by atoms with Crippen LogP contribution in [0.25, 0.3) is 0 Å². The van der Waals surface area contributed by atoms with Gasteiger partial charge in [0, 0.05) is 0 Å². The highest BCUT2D eigenvalue weighted by molar-refractivity contribution is 6.67. The topological polar surface area (TPSA) is 0 Å². The van der Waals surface area contributed by atoms with E-state index in [0.717, 1.165) is 0 Å². The molecule has 78 valence electrons. The fourth-order valence-electron chi connectivity index (χ4n) is 1.35. The highest BCUT2D eigenvalue weighted by Gasteiger charge is 2.13. The summed E-state index contributed by atoms with van der Waals surface area (Å²) < 4.78 is 0. The molecule has 0 nitrogen and oxygen atoms in total. The Kier molecular flexibility index (Phi) is 5.60. The second-order valence-electron chi connectivity index (χ2n) is 4.72. The van der Waals surface area contributed by atoms with Gasteiger partial charge in [-0.1, -0.05) is 55.3 Å². The van der Waals surface area contributed by atoms with Gasteiger partial charge in [-0.3, -0.25) is 0 Å². The van der Waals surface area contributed by atoms with E-state index in [1.807, 2.05) is 0 Å². The summed E-state index contributed by atoms with van der Waals surface area (Å²) in [6.45, 7) is 17.8. The van der Waals surface area contributed by atoms with E-state index in [4.69, 9.17) is 0 Å². The van der Waals surface area contributed by atoms with Crippen LogP contribution >= 0.6 is 0 Å². The van der Waals surface area contributed by atoms with Crippen molar-refractivity contribution in [1.82, 2.24) is 0 Å². The van der Waals surface area contributed by atoms with E-state index in [2.05, 4.69) is 60.2 Å². The minimum Gasteiger partial charge on any atom is -0.105 e. The highest BCUT2D eigenvalue weighted by atomic mass is 13.9. The van der Waals surface area contributed by atoms with Crippen molar-refractivity contribution in [3.63, 3.8) is 0 Å². The van der Waals surface area contributed by atoms with Crippen molar-refractivity contribution in [2.24, 2.45) is 0 Å². The largest absolute Gasteiger partial charge is 0.174 e. The van der Waals surface area contributed by atoms with Crippen molar-refractivity contribution < 1.29 is 0 Å². The van der Waals surface area contributed by atoms with Gasteiger partial charge in [0.25, 0.3) is 0 Å². The van der Waals surface area contributed by atoms with Crippen LogP contribution in [0.4, 0.5) is 0 Å². The van der Waals surface area contributed by atoms with Crippen molar-refractivity contribution in [2.75, 3.05) is 0 Å². The van der Waals surface area contributed by atoms with Crippen LogP contribution in [0.3, 0.4) is 0 Å². The average molecular weight is 190 g/mol. The van der Waals surface area contributed by atoms with E-state index in [9.17, 15) is 0 Å². The van der Waals surface area contributed by atoms with Gasteiger partial charge in [0.05, 0.1) is 0 Å². The molecule has 0 unspecified atom stereocenters. The molecule has 0 heterocycles. The van der Waals surface area contributed by atoms with E-state index < -0.39 is 0 Å². The highest BCUT2D eigenvalue weighted by Crippen LogP contribution is 2.16. The lowest BCUT2D eigenvalue weighted by atomic mass is 9.39. The molecule has 0 spiro atoms. The number of hydrogen-bond donors (Lipinski definition) is 0. The first-order valence-electron chi connectivity index (χ1n) is 5.36. The lowest BCUT2D eigenvalue weighted by Gasteiger charge is -2.12. The van der Waals surface area contributed by atoms with Crippen molar-refractivity contribution in [3.8, 4) is 0 Å². The van der Waals surface area contributed by atoms with Crippen molar-refractivity contribution in [1.29, 1.82) is 0 Å². The van der Waals surface area contributed by atoms with Crippen molar-refractivity contribution in [2.45, 2.75) is 47.3 Å².